The van der Waals surface area contributed by atoms with E-state index in [4.69, 9.17) is 4.74 Å². The minimum Gasteiger partial charge on any atom is -0.633 e. The summed E-state index contributed by atoms with van der Waals surface area (Å²) in [6.07, 6.45) is 1.51. The third-order valence-electron chi connectivity index (χ3n) is 4.97. The fourth-order valence-corrected chi connectivity index (χ4v) is 3.65. The maximum Gasteiger partial charge on any atom is 0.339 e. The molecule has 2 fully saturated rings. The summed E-state index contributed by atoms with van der Waals surface area (Å²) < 4.78 is 5.24. The predicted octanol–water partition coefficient (Wildman–Crippen LogP) is 1.90. The molecule has 2 saturated heterocycles. The molecule has 5 nitrogen and oxygen atoms in total. The molecule has 0 amide bonds. The summed E-state index contributed by atoms with van der Waals surface area (Å²) in [5, 5.41) is 22.4. The molecule has 2 heterocycles. The van der Waals surface area contributed by atoms with E-state index >= 15 is 0 Å². The highest BCUT2D eigenvalue weighted by atomic mass is 16.6. The van der Waals surface area contributed by atoms with Crippen LogP contribution in [0.2, 0.25) is 0 Å². The van der Waals surface area contributed by atoms with Gasteiger partial charge in [-0.3, -0.25) is 0 Å². The van der Waals surface area contributed by atoms with Crippen LogP contribution in [0.5, 0.6) is 0 Å². The molecule has 1 aromatic rings. The Hall–Kier alpha value is -1.43. The zero-order valence-electron chi connectivity index (χ0n) is 12.1. The first-order chi connectivity index (χ1) is 9.98. The first-order valence-corrected chi connectivity index (χ1v) is 7.49. The third-order valence-corrected chi connectivity index (χ3v) is 4.97. The van der Waals surface area contributed by atoms with Gasteiger partial charge in [0.2, 0.25) is 0 Å². The van der Waals surface area contributed by atoms with Crippen molar-refractivity contribution < 1.29 is 19.3 Å². The topological polar surface area (TPSA) is 69.6 Å². The van der Waals surface area contributed by atoms with Gasteiger partial charge in [0.05, 0.1) is 19.1 Å². The zero-order valence-corrected chi connectivity index (χ0v) is 12.1. The van der Waals surface area contributed by atoms with E-state index in [2.05, 4.69) is 0 Å². The number of carbonyl (C=O) groups is 1. The predicted molar refractivity (Wildman–Crippen MR) is 76.9 cm³/mol. The van der Waals surface area contributed by atoms with E-state index < -0.39 is 12.1 Å². The van der Waals surface area contributed by atoms with Gasteiger partial charge in [-0.15, -0.1) is 0 Å². The highest BCUT2D eigenvalue weighted by Crippen LogP contribution is 2.41. The smallest absolute Gasteiger partial charge is 0.339 e. The molecule has 0 radical (unpaired) electrons. The lowest BCUT2D eigenvalue weighted by Gasteiger charge is -2.50. The number of hydroxylamine groups is 3. The van der Waals surface area contributed by atoms with Crippen molar-refractivity contribution >= 4 is 5.97 Å². The molecule has 2 aliphatic heterocycles. The van der Waals surface area contributed by atoms with E-state index in [9.17, 15) is 15.1 Å². The number of quaternary nitrogens is 1. The van der Waals surface area contributed by atoms with Gasteiger partial charge in [0.1, 0.15) is 6.10 Å². The lowest BCUT2D eigenvalue weighted by atomic mass is 9.99. The van der Waals surface area contributed by atoms with Gasteiger partial charge < -0.3 is 19.7 Å². The molecule has 1 aromatic carbocycles. The fourth-order valence-electron chi connectivity index (χ4n) is 3.65. The van der Waals surface area contributed by atoms with Crippen LogP contribution in [0.1, 0.15) is 37.4 Å². The summed E-state index contributed by atoms with van der Waals surface area (Å²) in [5.41, 5.74) is 0.533. The highest BCUT2D eigenvalue weighted by molar-refractivity contribution is 5.76. The first kappa shape index (κ1) is 14.5. The molecule has 2 aliphatic rings. The largest absolute Gasteiger partial charge is 0.633 e. The number of hydrogen-bond donors (Lipinski definition) is 1. The van der Waals surface area contributed by atoms with Gasteiger partial charge in [-0.25, -0.2) is 4.79 Å². The molecule has 5 heteroatoms. The third kappa shape index (κ3) is 2.69. The van der Waals surface area contributed by atoms with E-state index in [0.29, 0.717) is 18.4 Å². The molecule has 21 heavy (non-hydrogen) atoms. The number of nitrogens with zero attached hydrogens (tertiary/aromatic N) is 1. The van der Waals surface area contributed by atoms with Gasteiger partial charge in [0, 0.05) is 25.7 Å². The van der Waals surface area contributed by atoms with Crippen LogP contribution in [-0.4, -0.2) is 41.0 Å². The number of rotatable bonds is 3. The van der Waals surface area contributed by atoms with Crippen LogP contribution in [-0.2, 0) is 9.53 Å². The number of ether oxygens (including phenoxy) is 1. The van der Waals surface area contributed by atoms with E-state index in [0.717, 1.165) is 12.8 Å². The minimum atomic E-state index is -1.25. The molecule has 2 unspecified atom stereocenters. The average molecular weight is 291 g/mol. The van der Waals surface area contributed by atoms with Crippen molar-refractivity contribution in [1.29, 1.82) is 0 Å². The zero-order chi connectivity index (χ0) is 15.0. The van der Waals surface area contributed by atoms with Crippen LogP contribution in [0.25, 0.3) is 0 Å². The molecule has 2 bridgehead atoms. The van der Waals surface area contributed by atoms with Crippen LogP contribution >= 0.6 is 0 Å². The molecule has 114 valence electrons. The second-order valence-electron chi connectivity index (χ2n) is 6.29. The van der Waals surface area contributed by atoms with Gasteiger partial charge in [-0.05, 0) is 5.56 Å². The second kappa shape index (κ2) is 5.40. The lowest BCUT2D eigenvalue weighted by Crippen LogP contribution is -2.55. The van der Waals surface area contributed by atoms with Crippen molar-refractivity contribution in [3.05, 3.63) is 41.1 Å². The number of benzene rings is 1. The van der Waals surface area contributed by atoms with Crippen molar-refractivity contribution in [3.8, 4) is 0 Å². The van der Waals surface area contributed by atoms with E-state index in [1.807, 2.05) is 6.07 Å². The minimum absolute atomic E-state index is 0.0235. The maximum absolute atomic E-state index is 12.4. The van der Waals surface area contributed by atoms with Crippen molar-refractivity contribution in [1.82, 2.24) is 0 Å². The molecule has 3 rings (SSSR count). The number of carbonyl (C=O) groups excluding carboxylic acids is 1. The Labute approximate surface area is 124 Å². The number of esters is 1. The Morgan fingerprint density at radius 3 is 2.43 bits per heavy atom. The number of aliphatic hydroxyl groups is 1. The Kier molecular flexibility index (Phi) is 3.73. The van der Waals surface area contributed by atoms with Crippen molar-refractivity contribution in [2.45, 2.75) is 50.0 Å². The number of fused-ring (bicyclic) bond motifs is 2. The Bertz CT molecular complexity index is 500. The van der Waals surface area contributed by atoms with Crippen molar-refractivity contribution in [3.63, 3.8) is 0 Å². The van der Waals surface area contributed by atoms with Crippen LogP contribution in [0.15, 0.2) is 30.3 Å². The quantitative estimate of drug-likeness (QED) is 0.524. The molecule has 0 saturated carbocycles. The Morgan fingerprint density at radius 2 is 1.86 bits per heavy atom. The molecule has 0 aromatic heterocycles. The van der Waals surface area contributed by atoms with E-state index in [-0.39, 0.29) is 22.8 Å². The van der Waals surface area contributed by atoms with Crippen LogP contribution in [0, 0.1) is 5.21 Å². The second-order valence-corrected chi connectivity index (χ2v) is 6.29. The van der Waals surface area contributed by atoms with Gasteiger partial charge in [-0.1, -0.05) is 30.3 Å². The SMILES string of the molecule is C[N+]1([O-])[C@@H]2CC[C@H]1CC(OC(=O)[C@H](O)c1ccccc1)C2. The fraction of sp³-hybridized carbons (Fsp3) is 0.562. The number of piperidine rings is 1. The molecular formula is C16H21NO4. The summed E-state index contributed by atoms with van der Waals surface area (Å²) in [4.78, 5) is 12.1. The average Bonchev–Trinajstić information content (AvgIpc) is 2.67. The Morgan fingerprint density at radius 1 is 1.29 bits per heavy atom. The number of hydrogen-bond acceptors (Lipinski definition) is 4. The molecule has 0 aliphatic carbocycles. The molecule has 5 atom stereocenters. The summed E-state index contributed by atoms with van der Waals surface area (Å²) >= 11 is 0. The summed E-state index contributed by atoms with van der Waals surface area (Å²) in [5.74, 6) is -0.618. The Balaban J connectivity index is 1.62. The first-order valence-electron chi connectivity index (χ1n) is 7.49. The lowest BCUT2D eigenvalue weighted by molar-refractivity contribution is -0.903. The van der Waals surface area contributed by atoms with E-state index in [1.54, 1.807) is 31.3 Å². The maximum atomic E-state index is 12.4. The molecular weight excluding hydrogens is 270 g/mol. The van der Waals surface area contributed by atoms with Crippen molar-refractivity contribution in [2.75, 3.05) is 7.05 Å². The standard InChI is InChI=1S/C16H21NO4/c1-17(20)12-7-8-13(17)10-14(9-12)21-16(19)15(18)11-5-3-2-4-6-11/h2-6,12-15,18H,7-10H2,1H3/t12-,13+,14?,15-,17?/m1/s1. The van der Waals surface area contributed by atoms with Gasteiger partial charge in [0.25, 0.3) is 0 Å². The monoisotopic (exact) mass is 291 g/mol. The van der Waals surface area contributed by atoms with Gasteiger partial charge in [0.15, 0.2) is 6.10 Å². The summed E-state index contributed by atoms with van der Waals surface area (Å²) in [7, 11) is 1.72. The van der Waals surface area contributed by atoms with Crippen molar-refractivity contribution in [2.24, 2.45) is 0 Å². The van der Waals surface area contributed by atoms with Gasteiger partial charge >= 0.3 is 5.97 Å². The van der Waals surface area contributed by atoms with Crippen LogP contribution < -0.4 is 0 Å². The summed E-state index contributed by atoms with van der Waals surface area (Å²) in [6.45, 7) is 0. The molecule has 1 N–H and O–H groups in total. The highest BCUT2D eigenvalue weighted by Gasteiger charge is 2.48. The summed E-state index contributed by atoms with van der Waals surface area (Å²) in [6, 6.07) is 8.81. The van der Waals surface area contributed by atoms with Crippen LogP contribution in [0.3, 0.4) is 0 Å². The molecule has 0 spiro atoms. The normalized spacial score (nSPS) is 36.2. The van der Waals surface area contributed by atoms with E-state index in [1.165, 1.54) is 0 Å². The van der Waals surface area contributed by atoms with Gasteiger partial charge in [-0.2, -0.15) is 0 Å². The van der Waals surface area contributed by atoms with Crippen LogP contribution in [0.4, 0.5) is 0 Å². The number of aliphatic hydroxyl groups excluding tert-OH is 1.